The largest absolute Gasteiger partial charge is 0.384 e. The van der Waals surface area contributed by atoms with E-state index in [9.17, 15) is 4.79 Å². The summed E-state index contributed by atoms with van der Waals surface area (Å²) in [5.41, 5.74) is 10.9. The Labute approximate surface area is 190 Å². The first-order valence-corrected chi connectivity index (χ1v) is 10.7. The molecule has 1 unspecified atom stereocenters. The molecule has 162 valence electrons. The number of rotatable bonds is 7. The lowest BCUT2D eigenvalue weighted by Crippen LogP contribution is -2.21. The zero-order valence-electron chi connectivity index (χ0n) is 18.8. The summed E-state index contributed by atoms with van der Waals surface area (Å²) in [6, 6.07) is 23.3. The highest BCUT2D eigenvalue weighted by atomic mass is 16.1. The normalized spacial score (nSPS) is 11.4. The Kier molecular flexibility index (Phi) is 7.46. The molecule has 0 radical (unpaired) electrons. The molecule has 0 amide bonds. The van der Waals surface area contributed by atoms with Crippen LogP contribution < -0.4 is 11.1 Å². The van der Waals surface area contributed by atoms with Gasteiger partial charge in [-0.2, -0.15) is 0 Å². The van der Waals surface area contributed by atoms with E-state index in [1.54, 1.807) is 0 Å². The first-order chi connectivity index (χ1) is 15.3. The minimum atomic E-state index is -0.142. The highest BCUT2D eigenvalue weighted by molar-refractivity contribution is 5.98. The van der Waals surface area contributed by atoms with Gasteiger partial charge in [0.1, 0.15) is 5.84 Å². The molecule has 0 aromatic heterocycles. The number of hydrogen-bond acceptors (Lipinski definition) is 3. The minimum Gasteiger partial charge on any atom is -0.384 e. The highest BCUT2D eigenvalue weighted by Crippen LogP contribution is 2.16. The van der Waals surface area contributed by atoms with Gasteiger partial charge in [0.15, 0.2) is 5.78 Å². The van der Waals surface area contributed by atoms with E-state index in [1.165, 1.54) is 5.56 Å². The lowest BCUT2D eigenvalue weighted by atomic mass is 9.95. The predicted molar refractivity (Wildman–Crippen MR) is 132 cm³/mol. The lowest BCUT2D eigenvalue weighted by molar-refractivity contribution is 0.0939. The smallest absolute Gasteiger partial charge is 0.165 e. The van der Waals surface area contributed by atoms with Crippen LogP contribution in [0.25, 0.3) is 0 Å². The number of Topliss-reactive ketones (excluding diaryl/α,β-unsaturated/α-hetero) is 1. The van der Waals surface area contributed by atoms with Crippen LogP contribution in [0.4, 0.5) is 5.69 Å². The van der Waals surface area contributed by atoms with Gasteiger partial charge in [0.2, 0.25) is 0 Å². The molecule has 0 saturated carbocycles. The molecular formula is C28H29N3O. The maximum Gasteiger partial charge on any atom is 0.165 e. The summed E-state index contributed by atoms with van der Waals surface area (Å²) in [7, 11) is 0. The average molecular weight is 424 g/mol. The summed E-state index contributed by atoms with van der Waals surface area (Å²) in [6.07, 6.45) is 0.723. The summed E-state index contributed by atoms with van der Waals surface area (Å²) in [6.45, 7) is 5.78. The quantitative estimate of drug-likeness (QED) is 0.212. The van der Waals surface area contributed by atoms with E-state index >= 15 is 0 Å². The van der Waals surface area contributed by atoms with Gasteiger partial charge >= 0.3 is 0 Å². The third kappa shape index (κ3) is 6.09. The Morgan fingerprint density at radius 1 is 1.03 bits per heavy atom. The number of carbonyl (C=O) groups excluding carboxylic acids is 1. The molecule has 3 rings (SSSR count). The molecule has 4 nitrogen and oxygen atoms in total. The molecule has 0 heterocycles. The molecule has 0 spiro atoms. The molecule has 0 aliphatic carbocycles. The average Bonchev–Trinajstić information content (AvgIpc) is 2.78. The number of nitrogens with one attached hydrogen (secondary N) is 2. The van der Waals surface area contributed by atoms with Crippen LogP contribution in [-0.2, 0) is 6.42 Å². The minimum absolute atomic E-state index is 0.0316. The van der Waals surface area contributed by atoms with Crippen LogP contribution in [0.3, 0.4) is 0 Å². The fourth-order valence-electron chi connectivity index (χ4n) is 3.46. The van der Waals surface area contributed by atoms with Gasteiger partial charge in [-0.3, -0.25) is 10.2 Å². The van der Waals surface area contributed by atoms with Crippen molar-refractivity contribution in [2.75, 3.05) is 5.32 Å². The highest BCUT2D eigenvalue weighted by Gasteiger charge is 2.13. The molecule has 0 bridgehead atoms. The Bertz CT molecular complexity index is 1170. The van der Waals surface area contributed by atoms with Gasteiger partial charge in [-0.1, -0.05) is 68.2 Å². The van der Waals surface area contributed by atoms with Gasteiger partial charge in [-0.15, -0.1) is 0 Å². The molecule has 0 aliphatic heterocycles. The summed E-state index contributed by atoms with van der Waals surface area (Å²) in [5, 5.41) is 11.2. The van der Waals surface area contributed by atoms with Gasteiger partial charge in [-0.25, -0.2) is 0 Å². The second-order valence-electron chi connectivity index (χ2n) is 8.20. The molecule has 32 heavy (non-hydrogen) atoms. The zero-order valence-corrected chi connectivity index (χ0v) is 18.8. The van der Waals surface area contributed by atoms with E-state index < -0.39 is 0 Å². The molecular weight excluding hydrogens is 394 g/mol. The second kappa shape index (κ2) is 10.5. The van der Waals surface area contributed by atoms with Gasteiger partial charge < -0.3 is 11.1 Å². The molecule has 4 N–H and O–H groups in total. The fourth-order valence-corrected chi connectivity index (χ4v) is 3.46. The van der Waals surface area contributed by atoms with Crippen molar-refractivity contribution in [3.63, 3.8) is 0 Å². The molecule has 0 saturated heterocycles. The number of anilines is 1. The number of ketones is 1. The lowest BCUT2D eigenvalue weighted by Gasteiger charge is -2.15. The molecule has 3 aromatic rings. The van der Waals surface area contributed by atoms with Crippen LogP contribution in [0.2, 0.25) is 0 Å². The van der Waals surface area contributed by atoms with Crippen molar-refractivity contribution in [1.29, 1.82) is 5.41 Å². The third-order valence-corrected chi connectivity index (χ3v) is 5.20. The number of benzene rings is 3. The molecule has 0 fully saturated rings. The van der Waals surface area contributed by atoms with Crippen molar-refractivity contribution in [3.05, 3.63) is 101 Å². The van der Waals surface area contributed by atoms with Gasteiger partial charge in [0.25, 0.3) is 0 Å². The predicted octanol–water partition coefficient (Wildman–Crippen LogP) is 5.19. The summed E-state index contributed by atoms with van der Waals surface area (Å²) in [4.78, 5) is 12.4. The van der Waals surface area contributed by atoms with Gasteiger partial charge in [0, 0.05) is 34.7 Å². The standard InChI is InChI=1S/C28H29N3O/c1-19(2)27(32)26-15-13-22(16-20(26)3)12-14-25(17-21-8-5-4-6-9-21)31-24-11-7-10-23(18-24)28(29)30/h4-11,13,15-16,18-19,25,31H,17H2,1-3H3,(H3,29,30). The van der Waals surface area contributed by atoms with Gasteiger partial charge in [-0.05, 0) is 48.4 Å². The van der Waals surface area contributed by atoms with Crippen LogP contribution in [0.5, 0.6) is 0 Å². The number of hydrogen-bond donors (Lipinski definition) is 3. The number of nitrogens with two attached hydrogens (primary N) is 1. The van der Waals surface area contributed by atoms with Crippen LogP contribution in [0, 0.1) is 30.1 Å². The number of carbonyl (C=O) groups is 1. The van der Waals surface area contributed by atoms with Crippen LogP contribution in [0.15, 0.2) is 72.8 Å². The van der Waals surface area contributed by atoms with Crippen LogP contribution in [-0.4, -0.2) is 17.7 Å². The van der Waals surface area contributed by atoms with Crippen LogP contribution >= 0.6 is 0 Å². The molecule has 4 heteroatoms. The number of amidine groups is 1. The SMILES string of the molecule is Cc1cc(C#CC(Cc2ccccc2)Nc2cccc(C(=N)N)c2)ccc1C(=O)C(C)C. The van der Waals surface area contributed by atoms with E-state index in [0.29, 0.717) is 5.56 Å². The van der Waals surface area contributed by atoms with E-state index in [-0.39, 0.29) is 23.6 Å². The van der Waals surface area contributed by atoms with Crippen LogP contribution in [0.1, 0.15) is 46.5 Å². The van der Waals surface area contributed by atoms with E-state index in [0.717, 1.165) is 28.8 Å². The first kappa shape index (κ1) is 22.8. The monoisotopic (exact) mass is 423 g/mol. The Morgan fingerprint density at radius 2 is 1.78 bits per heavy atom. The maximum absolute atomic E-state index is 12.4. The molecule has 0 aliphatic rings. The van der Waals surface area contributed by atoms with Crippen molar-refractivity contribution >= 4 is 17.3 Å². The van der Waals surface area contributed by atoms with E-state index in [2.05, 4.69) is 29.3 Å². The Balaban J connectivity index is 1.87. The van der Waals surface area contributed by atoms with Crippen molar-refractivity contribution in [1.82, 2.24) is 0 Å². The topological polar surface area (TPSA) is 79.0 Å². The van der Waals surface area contributed by atoms with E-state index in [4.69, 9.17) is 11.1 Å². The van der Waals surface area contributed by atoms with Crippen molar-refractivity contribution in [3.8, 4) is 11.8 Å². The number of nitrogen functional groups attached to an aromatic ring is 1. The van der Waals surface area contributed by atoms with Gasteiger partial charge in [0.05, 0.1) is 6.04 Å². The number of aryl methyl sites for hydroxylation is 1. The van der Waals surface area contributed by atoms with Crippen molar-refractivity contribution < 1.29 is 4.79 Å². The summed E-state index contributed by atoms with van der Waals surface area (Å²) in [5.74, 6) is 6.77. The Morgan fingerprint density at radius 3 is 2.44 bits per heavy atom. The summed E-state index contributed by atoms with van der Waals surface area (Å²) >= 11 is 0. The fraction of sp³-hybridized carbons (Fsp3) is 0.214. The third-order valence-electron chi connectivity index (χ3n) is 5.20. The van der Waals surface area contributed by atoms with Crippen molar-refractivity contribution in [2.45, 2.75) is 33.2 Å². The molecule has 3 aromatic carbocycles. The zero-order chi connectivity index (χ0) is 23.1. The Hall–Kier alpha value is -3.84. The summed E-state index contributed by atoms with van der Waals surface area (Å²) < 4.78 is 0. The van der Waals surface area contributed by atoms with Crippen molar-refractivity contribution in [2.24, 2.45) is 11.7 Å². The maximum atomic E-state index is 12.4. The first-order valence-electron chi connectivity index (χ1n) is 10.7. The second-order valence-corrected chi connectivity index (χ2v) is 8.20. The van der Waals surface area contributed by atoms with E-state index in [1.807, 2.05) is 81.4 Å². The molecule has 1 atom stereocenters.